The summed E-state index contributed by atoms with van der Waals surface area (Å²) in [5, 5.41) is 18.9. The first-order chi connectivity index (χ1) is 6.12. The average molecular weight is 249 g/mol. The van der Waals surface area contributed by atoms with Gasteiger partial charge < -0.3 is 10.2 Å². The third-order valence-corrected chi connectivity index (χ3v) is 2.79. The monoisotopic (exact) mass is 248 g/mol. The zero-order chi connectivity index (χ0) is 9.90. The van der Waals surface area contributed by atoms with Crippen LogP contribution in [0.5, 0.6) is 0 Å². The van der Waals surface area contributed by atoms with Crippen molar-refractivity contribution in [2.45, 2.75) is 5.60 Å². The highest BCUT2D eigenvalue weighted by molar-refractivity contribution is 9.09. The molecular weight excluding hydrogens is 239 g/mol. The van der Waals surface area contributed by atoms with E-state index >= 15 is 0 Å². The first-order valence-electron chi connectivity index (χ1n) is 3.77. The second-order valence-corrected chi connectivity index (χ2v) is 3.39. The lowest BCUT2D eigenvalue weighted by molar-refractivity contribution is 0.00316. The molecule has 72 valence electrons. The van der Waals surface area contributed by atoms with Crippen LogP contribution in [0.25, 0.3) is 0 Å². The first kappa shape index (κ1) is 10.6. The van der Waals surface area contributed by atoms with Crippen LogP contribution in [-0.4, -0.2) is 22.2 Å². The van der Waals surface area contributed by atoms with Crippen LogP contribution in [0.4, 0.5) is 4.39 Å². The van der Waals surface area contributed by atoms with Gasteiger partial charge in [0, 0.05) is 5.33 Å². The number of aliphatic hydroxyl groups is 2. The van der Waals surface area contributed by atoms with Crippen LogP contribution in [0.2, 0.25) is 0 Å². The molecule has 0 aromatic heterocycles. The van der Waals surface area contributed by atoms with Gasteiger partial charge >= 0.3 is 0 Å². The standard InChI is InChI=1S/C9H10BrFO2/c10-5-9(13,6-12)7-1-3-8(11)4-2-7/h1-4,12-13H,5-6H2/t9-/m1/s1. The Morgan fingerprint density at radius 3 is 2.23 bits per heavy atom. The SMILES string of the molecule is OC[C@](O)(CBr)c1ccc(F)cc1. The van der Waals surface area contributed by atoms with E-state index in [-0.39, 0.29) is 11.1 Å². The zero-order valence-corrected chi connectivity index (χ0v) is 8.46. The quantitative estimate of drug-likeness (QED) is 0.795. The van der Waals surface area contributed by atoms with Gasteiger partial charge in [-0.25, -0.2) is 4.39 Å². The molecule has 2 N–H and O–H groups in total. The number of rotatable bonds is 3. The van der Waals surface area contributed by atoms with E-state index in [1.54, 1.807) is 0 Å². The topological polar surface area (TPSA) is 40.5 Å². The third-order valence-electron chi connectivity index (χ3n) is 1.86. The van der Waals surface area contributed by atoms with Crippen molar-refractivity contribution in [2.24, 2.45) is 0 Å². The Labute approximate surface area is 84.1 Å². The summed E-state index contributed by atoms with van der Waals surface area (Å²) in [6.07, 6.45) is 0. The number of aliphatic hydroxyl groups excluding tert-OH is 1. The molecule has 1 atom stereocenters. The highest BCUT2D eigenvalue weighted by Gasteiger charge is 2.26. The number of hydrogen-bond acceptors (Lipinski definition) is 2. The lowest BCUT2D eigenvalue weighted by Crippen LogP contribution is -2.31. The van der Waals surface area contributed by atoms with Crippen molar-refractivity contribution in [2.75, 3.05) is 11.9 Å². The van der Waals surface area contributed by atoms with Gasteiger partial charge in [0.1, 0.15) is 11.4 Å². The van der Waals surface area contributed by atoms with E-state index in [9.17, 15) is 9.50 Å². The summed E-state index contributed by atoms with van der Waals surface area (Å²) in [6.45, 7) is -0.399. The Morgan fingerprint density at radius 2 is 1.85 bits per heavy atom. The smallest absolute Gasteiger partial charge is 0.123 e. The van der Waals surface area contributed by atoms with Crippen molar-refractivity contribution in [1.82, 2.24) is 0 Å². The first-order valence-corrected chi connectivity index (χ1v) is 4.90. The Kier molecular flexibility index (Phi) is 3.41. The summed E-state index contributed by atoms with van der Waals surface area (Å²) < 4.78 is 12.5. The fourth-order valence-electron chi connectivity index (χ4n) is 0.971. The molecule has 1 rings (SSSR count). The lowest BCUT2D eigenvalue weighted by Gasteiger charge is -2.23. The van der Waals surface area contributed by atoms with Crippen LogP contribution in [0.15, 0.2) is 24.3 Å². The maximum absolute atomic E-state index is 12.5. The second-order valence-electron chi connectivity index (χ2n) is 2.83. The van der Waals surface area contributed by atoms with Crippen LogP contribution in [0.1, 0.15) is 5.56 Å². The molecule has 4 heteroatoms. The molecule has 0 aliphatic rings. The van der Waals surface area contributed by atoms with Crippen LogP contribution in [0, 0.1) is 5.82 Å². The molecule has 0 bridgehead atoms. The normalized spacial score (nSPS) is 15.4. The Morgan fingerprint density at radius 1 is 1.31 bits per heavy atom. The van der Waals surface area contributed by atoms with E-state index in [1.807, 2.05) is 0 Å². The number of halogens is 2. The molecule has 0 spiro atoms. The number of alkyl halides is 1. The molecule has 0 unspecified atom stereocenters. The predicted molar refractivity (Wildman–Crippen MR) is 51.2 cm³/mol. The Bertz CT molecular complexity index is 269. The van der Waals surface area contributed by atoms with Crippen LogP contribution in [0.3, 0.4) is 0 Å². The van der Waals surface area contributed by atoms with E-state index in [2.05, 4.69) is 15.9 Å². The fourth-order valence-corrected chi connectivity index (χ4v) is 1.47. The second kappa shape index (κ2) is 4.17. The highest BCUT2D eigenvalue weighted by atomic mass is 79.9. The summed E-state index contributed by atoms with van der Waals surface area (Å²) in [5.74, 6) is -0.362. The van der Waals surface area contributed by atoms with Gasteiger partial charge in [-0.2, -0.15) is 0 Å². The van der Waals surface area contributed by atoms with E-state index in [0.29, 0.717) is 5.56 Å². The van der Waals surface area contributed by atoms with E-state index in [1.165, 1.54) is 24.3 Å². The molecule has 0 saturated carbocycles. The fraction of sp³-hybridized carbons (Fsp3) is 0.333. The van der Waals surface area contributed by atoms with Gasteiger partial charge in [0.25, 0.3) is 0 Å². The summed E-state index contributed by atoms with van der Waals surface area (Å²) in [6, 6.07) is 5.40. The summed E-state index contributed by atoms with van der Waals surface area (Å²) in [7, 11) is 0. The predicted octanol–water partition coefficient (Wildman–Crippen LogP) is 1.40. The summed E-state index contributed by atoms with van der Waals surface area (Å²) >= 11 is 3.08. The van der Waals surface area contributed by atoms with E-state index in [4.69, 9.17) is 5.11 Å². The molecule has 0 fully saturated rings. The molecule has 0 heterocycles. The Hall–Kier alpha value is -0.450. The minimum atomic E-state index is -1.33. The maximum Gasteiger partial charge on any atom is 0.123 e. The van der Waals surface area contributed by atoms with Crippen LogP contribution in [-0.2, 0) is 5.60 Å². The van der Waals surface area contributed by atoms with Crippen molar-refractivity contribution in [3.63, 3.8) is 0 Å². The molecule has 1 aromatic rings. The maximum atomic E-state index is 12.5. The molecule has 13 heavy (non-hydrogen) atoms. The van der Waals surface area contributed by atoms with Gasteiger partial charge in [0.15, 0.2) is 0 Å². The van der Waals surface area contributed by atoms with E-state index in [0.717, 1.165) is 0 Å². The van der Waals surface area contributed by atoms with Gasteiger partial charge in [-0.15, -0.1) is 0 Å². The van der Waals surface area contributed by atoms with Crippen LogP contribution >= 0.6 is 15.9 Å². The van der Waals surface area contributed by atoms with Crippen LogP contribution < -0.4 is 0 Å². The lowest BCUT2D eigenvalue weighted by atomic mass is 9.97. The van der Waals surface area contributed by atoms with Crippen molar-refractivity contribution >= 4 is 15.9 Å². The Balaban J connectivity index is 2.99. The molecule has 0 saturated heterocycles. The third kappa shape index (κ3) is 2.27. The summed E-state index contributed by atoms with van der Waals surface area (Å²) in [4.78, 5) is 0. The van der Waals surface area contributed by atoms with Gasteiger partial charge in [-0.3, -0.25) is 0 Å². The highest BCUT2D eigenvalue weighted by Crippen LogP contribution is 2.22. The van der Waals surface area contributed by atoms with E-state index < -0.39 is 12.2 Å². The molecule has 0 aliphatic carbocycles. The number of hydrogen-bond donors (Lipinski definition) is 2. The largest absolute Gasteiger partial charge is 0.393 e. The molecule has 0 radical (unpaired) electrons. The minimum Gasteiger partial charge on any atom is -0.393 e. The number of benzene rings is 1. The molecular formula is C9H10BrFO2. The van der Waals surface area contributed by atoms with Gasteiger partial charge in [-0.1, -0.05) is 28.1 Å². The zero-order valence-electron chi connectivity index (χ0n) is 6.87. The van der Waals surface area contributed by atoms with Crippen molar-refractivity contribution < 1.29 is 14.6 Å². The molecule has 0 amide bonds. The minimum absolute atomic E-state index is 0.210. The van der Waals surface area contributed by atoms with Gasteiger partial charge in [0.05, 0.1) is 6.61 Å². The molecule has 0 aliphatic heterocycles. The van der Waals surface area contributed by atoms with Crippen molar-refractivity contribution in [3.8, 4) is 0 Å². The van der Waals surface area contributed by atoms with Gasteiger partial charge in [-0.05, 0) is 17.7 Å². The van der Waals surface area contributed by atoms with Crippen molar-refractivity contribution in [1.29, 1.82) is 0 Å². The summed E-state index contributed by atoms with van der Waals surface area (Å²) in [5.41, 5.74) is -0.832. The molecule has 1 aromatic carbocycles. The molecule has 2 nitrogen and oxygen atoms in total. The van der Waals surface area contributed by atoms with Crippen molar-refractivity contribution in [3.05, 3.63) is 35.6 Å². The average Bonchev–Trinajstić information content (AvgIpc) is 2.18. The van der Waals surface area contributed by atoms with Gasteiger partial charge in [0.2, 0.25) is 0 Å².